The van der Waals surface area contributed by atoms with Gasteiger partial charge in [-0.05, 0) is 26.3 Å². The zero-order chi connectivity index (χ0) is 12.3. The Morgan fingerprint density at radius 1 is 1.65 bits per heavy atom. The molecule has 1 amide bonds. The second-order valence-corrected chi connectivity index (χ2v) is 4.44. The van der Waals surface area contributed by atoms with Gasteiger partial charge in [-0.1, -0.05) is 12.1 Å². The van der Waals surface area contributed by atoms with E-state index in [-0.39, 0.29) is 11.9 Å². The minimum absolute atomic E-state index is 0.0262. The fourth-order valence-corrected chi connectivity index (χ4v) is 2.22. The van der Waals surface area contributed by atoms with Crippen LogP contribution in [0, 0.1) is 6.92 Å². The number of hydrogen-bond acceptors (Lipinski definition) is 4. The maximum atomic E-state index is 12.1. The molecule has 0 spiro atoms. The Morgan fingerprint density at radius 2 is 2.47 bits per heavy atom. The van der Waals surface area contributed by atoms with Gasteiger partial charge in [0.1, 0.15) is 11.5 Å². The number of nitrogens with one attached hydrogen (secondary N) is 1. The fourth-order valence-electron chi connectivity index (χ4n) is 2.22. The third kappa shape index (κ3) is 2.85. The molecule has 5 nitrogen and oxygen atoms in total. The Morgan fingerprint density at radius 3 is 3.12 bits per heavy atom. The number of piperidine rings is 1. The summed E-state index contributed by atoms with van der Waals surface area (Å²) >= 11 is 0. The highest BCUT2D eigenvalue weighted by molar-refractivity contribution is 5.82. The van der Waals surface area contributed by atoms with Crippen LogP contribution in [0.15, 0.2) is 10.6 Å². The third-order valence-electron chi connectivity index (χ3n) is 3.01. The van der Waals surface area contributed by atoms with Gasteiger partial charge in [0, 0.05) is 12.6 Å². The Labute approximate surface area is 101 Å². The predicted octanol–water partition coefficient (Wildman–Crippen LogP) is 1.08. The summed E-state index contributed by atoms with van der Waals surface area (Å²) in [5.41, 5.74) is 0.827. The molecule has 1 aliphatic heterocycles. The van der Waals surface area contributed by atoms with Gasteiger partial charge in [0.15, 0.2) is 0 Å². The van der Waals surface area contributed by atoms with Crippen molar-refractivity contribution in [2.24, 2.45) is 0 Å². The smallest absolute Gasteiger partial charge is 0.240 e. The van der Waals surface area contributed by atoms with Crippen molar-refractivity contribution >= 4 is 5.91 Å². The zero-order valence-electron chi connectivity index (χ0n) is 10.4. The molecule has 1 aromatic rings. The van der Waals surface area contributed by atoms with Crippen LogP contribution in [-0.2, 0) is 11.3 Å². The van der Waals surface area contributed by atoms with E-state index in [0.717, 1.165) is 37.4 Å². The second kappa shape index (κ2) is 5.31. The molecular weight excluding hydrogens is 218 g/mol. The van der Waals surface area contributed by atoms with Gasteiger partial charge < -0.3 is 14.7 Å². The number of nitrogens with zero attached hydrogens (tertiary/aromatic N) is 2. The van der Waals surface area contributed by atoms with Crippen molar-refractivity contribution in [2.75, 3.05) is 13.1 Å². The Balaban J connectivity index is 1.98. The van der Waals surface area contributed by atoms with E-state index >= 15 is 0 Å². The van der Waals surface area contributed by atoms with E-state index in [1.165, 1.54) is 0 Å². The largest absolute Gasteiger partial charge is 0.361 e. The Kier molecular flexibility index (Phi) is 3.78. The maximum Gasteiger partial charge on any atom is 0.240 e. The fraction of sp³-hybridized carbons (Fsp3) is 0.667. The molecule has 17 heavy (non-hydrogen) atoms. The van der Waals surface area contributed by atoms with Crippen molar-refractivity contribution in [1.29, 1.82) is 0 Å². The molecule has 0 aromatic carbocycles. The number of rotatable bonds is 4. The quantitative estimate of drug-likeness (QED) is 0.851. The molecule has 1 unspecified atom stereocenters. The lowest BCUT2D eigenvalue weighted by Gasteiger charge is -2.32. The molecule has 5 heteroatoms. The van der Waals surface area contributed by atoms with Gasteiger partial charge in [-0.15, -0.1) is 0 Å². The van der Waals surface area contributed by atoms with Crippen LogP contribution in [0.2, 0.25) is 0 Å². The van der Waals surface area contributed by atoms with Gasteiger partial charge in [-0.2, -0.15) is 0 Å². The molecule has 0 radical (unpaired) electrons. The highest BCUT2D eigenvalue weighted by atomic mass is 16.5. The molecule has 1 fully saturated rings. The minimum atomic E-state index is -0.0262. The lowest BCUT2D eigenvalue weighted by atomic mass is 10.0. The van der Waals surface area contributed by atoms with Crippen LogP contribution in [0.25, 0.3) is 0 Å². The van der Waals surface area contributed by atoms with Crippen LogP contribution in [0.5, 0.6) is 0 Å². The maximum absolute atomic E-state index is 12.1. The van der Waals surface area contributed by atoms with Gasteiger partial charge in [0.2, 0.25) is 5.91 Å². The van der Waals surface area contributed by atoms with E-state index in [0.29, 0.717) is 6.54 Å². The molecule has 1 aliphatic rings. The predicted molar refractivity (Wildman–Crippen MR) is 63.4 cm³/mol. The summed E-state index contributed by atoms with van der Waals surface area (Å²) in [6, 6.07) is 1.85. The van der Waals surface area contributed by atoms with Gasteiger partial charge in [-0.25, -0.2) is 0 Å². The number of hydrogen-bond donors (Lipinski definition) is 1. The van der Waals surface area contributed by atoms with Crippen LogP contribution in [-0.4, -0.2) is 35.1 Å². The van der Waals surface area contributed by atoms with Gasteiger partial charge in [-0.3, -0.25) is 4.79 Å². The SMILES string of the molecule is CCNC1CCCN(Cc2cc(C)on2)C1=O. The molecule has 0 bridgehead atoms. The van der Waals surface area contributed by atoms with Crippen LogP contribution in [0.3, 0.4) is 0 Å². The van der Waals surface area contributed by atoms with Crippen LogP contribution >= 0.6 is 0 Å². The summed E-state index contributed by atoms with van der Waals surface area (Å²) < 4.78 is 5.01. The van der Waals surface area contributed by atoms with Crippen molar-refractivity contribution in [3.63, 3.8) is 0 Å². The molecular formula is C12H19N3O2. The number of carbonyl (C=O) groups is 1. The van der Waals surface area contributed by atoms with Crippen LogP contribution in [0.4, 0.5) is 0 Å². The number of aryl methyl sites for hydroxylation is 1. The number of likely N-dealkylation sites (tertiary alicyclic amines) is 1. The first kappa shape index (κ1) is 12.1. The first-order chi connectivity index (χ1) is 8.20. The third-order valence-corrected chi connectivity index (χ3v) is 3.01. The summed E-state index contributed by atoms with van der Waals surface area (Å²) in [4.78, 5) is 14.0. The molecule has 1 aromatic heterocycles. The van der Waals surface area contributed by atoms with Crippen molar-refractivity contribution in [3.05, 3.63) is 17.5 Å². The van der Waals surface area contributed by atoms with Crippen molar-refractivity contribution < 1.29 is 9.32 Å². The van der Waals surface area contributed by atoms with Crippen LogP contribution in [0.1, 0.15) is 31.2 Å². The van der Waals surface area contributed by atoms with E-state index in [4.69, 9.17) is 4.52 Å². The number of likely N-dealkylation sites (N-methyl/N-ethyl adjacent to an activating group) is 1. The van der Waals surface area contributed by atoms with Gasteiger partial charge in [0.05, 0.1) is 12.6 Å². The molecule has 0 saturated carbocycles. The standard InChI is InChI=1S/C12H19N3O2/c1-3-13-11-5-4-6-15(12(11)16)8-10-7-9(2)17-14-10/h7,11,13H,3-6,8H2,1-2H3. The Bertz CT molecular complexity index is 387. The molecule has 2 heterocycles. The molecule has 1 atom stereocenters. The normalized spacial score (nSPS) is 20.9. The van der Waals surface area contributed by atoms with E-state index in [1.807, 2.05) is 24.8 Å². The Hall–Kier alpha value is -1.36. The second-order valence-electron chi connectivity index (χ2n) is 4.44. The zero-order valence-corrected chi connectivity index (χ0v) is 10.4. The molecule has 1 saturated heterocycles. The van der Waals surface area contributed by atoms with E-state index in [2.05, 4.69) is 10.5 Å². The highest BCUT2D eigenvalue weighted by Crippen LogP contribution is 2.15. The van der Waals surface area contributed by atoms with Crippen molar-refractivity contribution in [3.8, 4) is 0 Å². The average Bonchev–Trinajstić information content (AvgIpc) is 2.70. The minimum Gasteiger partial charge on any atom is -0.361 e. The lowest BCUT2D eigenvalue weighted by molar-refractivity contribution is -0.136. The number of amides is 1. The summed E-state index contributed by atoms with van der Waals surface area (Å²) in [6.45, 7) is 6.07. The van der Waals surface area contributed by atoms with Crippen molar-refractivity contribution in [2.45, 2.75) is 39.3 Å². The van der Waals surface area contributed by atoms with E-state index in [9.17, 15) is 4.79 Å². The first-order valence-corrected chi connectivity index (χ1v) is 6.15. The molecule has 94 valence electrons. The molecule has 0 aliphatic carbocycles. The van der Waals surface area contributed by atoms with Crippen LogP contribution < -0.4 is 5.32 Å². The topological polar surface area (TPSA) is 58.4 Å². The summed E-state index contributed by atoms with van der Waals surface area (Å²) in [5, 5.41) is 7.15. The van der Waals surface area contributed by atoms with E-state index < -0.39 is 0 Å². The van der Waals surface area contributed by atoms with Gasteiger partial charge >= 0.3 is 0 Å². The molecule has 2 rings (SSSR count). The van der Waals surface area contributed by atoms with E-state index in [1.54, 1.807) is 0 Å². The summed E-state index contributed by atoms with van der Waals surface area (Å²) in [7, 11) is 0. The van der Waals surface area contributed by atoms with Crippen molar-refractivity contribution in [1.82, 2.24) is 15.4 Å². The summed E-state index contributed by atoms with van der Waals surface area (Å²) in [5.74, 6) is 0.964. The van der Waals surface area contributed by atoms with Gasteiger partial charge in [0.25, 0.3) is 0 Å². The number of aromatic nitrogens is 1. The lowest BCUT2D eigenvalue weighted by Crippen LogP contribution is -2.50. The summed E-state index contributed by atoms with van der Waals surface area (Å²) in [6.07, 6.45) is 1.97. The highest BCUT2D eigenvalue weighted by Gasteiger charge is 2.28. The number of carbonyl (C=O) groups excluding carboxylic acids is 1. The molecule has 1 N–H and O–H groups in total. The first-order valence-electron chi connectivity index (χ1n) is 6.15. The average molecular weight is 237 g/mol. The monoisotopic (exact) mass is 237 g/mol.